The molecule has 0 amide bonds. The van der Waals surface area contributed by atoms with Gasteiger partial charge in [-0.25, -0.2) is 0 Å². The molecule has 0 saturated heterocycles. The van der Waals surface area contributed by atoms with E-state index in [4.69, 9.17) is 4.74 Å². The maximum absolute atomic E-state index is 9.69. The Morgan fingerprint density at radius 2 is 2.13 bits per heavy atom. The van der Waals surface area contributed by atoms with Crippen LogP contribution in [0.3, 0.4) is 0 Å². The fraction of sp³-hybridized carbons (Fsp3) is 1.00. The van der Waals surface area contributed by atoms with E-state index in [1.54, 1.807) is 7.11 Å². The molecule has 90 valence electrons. The molecule has 0 aromatic rings. The van der Waals surface area contributed by atoms with Gasteiger partial charge in [-0.3, -0.25) is 0 Å². The molecule has 1 fully saturated rings. The summed E-state index contributed by atoms with van der Waals surface area (Å²) in [5.74, 6) is 0. The van der Waals surface area contributed by atoms with Crippen molar-refractivity contribution in [2.24, 2.45) is 0 Å². The molecule has 0 bridgehead atoms. The number of rotatable bonds is 6. The minimum Gasteiger partial charge on any atom is -0.392 e. The molecule has 1 aliphatic carbocycles. The van der Waals surface area contributed by atoms with Crippen molar-refractivity contribution in [1.29, 1.82) is 0 Å². The fourth-order valence-corrected chi connectivity index (χ4v) is 2.06. The second-order valence-corrected chi connectivity index (χ2v) is 4.31. The van der Waals surface area contributed by atoms with E-state index in [-0.39, 0.29) is 12.1 Å². The van der Waals surface area contributed by atoms with Crippen LogP contribution in [0.2, 0.25) is 0 Å². The number of aliphatic hydroxyl groups is 2. The number of aliphatic hydroxyl groups excluding tert-OH is 2. The van der Waals surface area contributed by atoms with Crippen molar-refractivity contribution in [3.05, 3.63) is 0 Å². The quantitative estimate of drug-likeness (QED) is 0.598. The Morgan fingerprint density at radius 3 is 2.80 bits per heavy atom. The summed E-state index contributed by atoms with van der Waals surface area (Å²) in [6, 6.07) is 0.216. The highest BCUT2D eigenvalue weighted by molar-refractivity contribution is 4.80. The van der Waals surface area contributed by atoms with Gasteiger partial charge in [0, 0.05) is 13.2 Å². The van der Waals surface area contributed by atoms with Gasteiger partial charge in [-0.15, -0.1) is 0 Å². The van der Waals surface area contributed by atoms with Crippen LogP contribution in [0.5, 0.6) is 0 Å². The average molecular weight is 217 g/mol. The Balaban J connectivity index is 2.08. The van der Waals surface area contributed by atoms with Gasteiger partial charge >= 0.3 is 0 Å². The first-order chi connectivity index (χ1) is 7.24. The topological polar surface area (TPSA) is 61.7 Å². The van der Waals surface area contributed by atoms with Crippen LogP contribution in [0.4, 0.5) is 0 Å². The normalized spacial score (nSPS) is 29.0. The Morgan fingerprint density at radius 1 is 1.40 bits per heavy atom. The van der Waals surface area contributed by atoms with Gasteiger partial charge in [-0.2, -0.15) is 0 Å². The van der Waals surface area contributed by atoms with E-state index >= 15 is 0 Å². The van der Waals surface area contributed by atoms with Crippen LogP contribution < -0.4 is 5.32 Å². The summed E-state index contributed by atoms with van der Waals surface area (Å²) >= 11 is 0. The molecular formula is C11H23NO3. The molecular weight excluding hydrogens is 194 g/mol. The standard InChI is InChI=1S/C11H23NO3/c1-15-8-9(13)6-7-12-10-4-2-3-5-11(10)14/h9-14H,2-8H2,1H3. The third-order valence-electron chi connectivity index (χ3n) is 2.97. The van der Waals surface area contributed by atoms with Gasteiger partial charge in [-0.05, 0) is 25.8 Å². The molecule has 0 aromatic carbocycles. The highest BCUT2D eigenvalue weighted by atomic mass is 16.5. The minimum atomic E-state index is -0.400. The van der Waals surface area contributed by atoms with E-state index in [2.05, 4.69) is 5.32 Å². The molecule has 0 heterocycles. The van der Waals surface area contributed by atoms with Crippen molar-refractivity contribution in [3.63, 3.8) is 0 Å². The van der Waals surface area contributed by atoms with Crippen molar-refractivity contribution >= 4 is 0 Å². The van der Waals surface area contributed by atoms with Gasteiger partial charge in [0.05, 0.1) is 18.8 Å². The molecule has 1 rings (SSSR count). The lowest BCUT2D eigenvalue weighted by atomic mass is 9.92. The first-order valence-electron chi connectivity index (χ1n) is 5.82. The van der Waals surface area contributed by atoms with Crippen molar-refractivity contribution in [3.8, 4) is 0 Å². The predicted octanol–water partition coefficient (Wildman–Crippen LogP) is 0.277. The smallest absolute Gasteiger partial charge is 0.0785 e. The molecule has 4 heteroatoms. The highest BCUT2D eigenvalue weighted by Crippen LogP contribution is 2.18. The molecule has 1 saturated carbocycles. The van der Waals surface area contributed by atoms with Gasteiger partial charge < -0.3 is 20.3 Å². The maximum Gasteiger partial charge on any atom is 0.0785 e. The first kappa shape index (κ1) is 12.9. The third-order valence-corrected chi connectivity index (χ3v) is 2.97. The Bertz CT molecular complexity index is 166. The lowest BCUT2D eigenvalue weighted by Gasteiger charge is -2.28. The fourth-order valence-electron chi connectivity index (χ4n) is 2.06. The monoisotopic (exact) mass is 217 g/mol. The van der Waals surface area contributed by atoms with E-state index in [9.17, 15) is 10.2 Å². The molecule has 15 heavy (non-hydrogen) atoms. The summed E-state index contributed by atoms with van der Waals surface area (Å²) in [4.78, 5) is 0. The van der Waals surface area contributed by atoms with E-state index in [1.165, 1.54) is 6.42 Å². The molecule has 0 aromatic heterocycles. The molecule has 1 aliphatic rings. The van der Waals surface area contributed by atoms with Gasteiger partial charge in [0.1, 0.15) is 0 Å². The lowest BCUT2D eigenvalue weighted by Crippen LogP contribution is -2.43. The molecule has 0 aliphatic heterocycles. The zero-order valence-corrected chi connectivity index (χ0v) is 9.48. The van der Waals surface area contributed by atoms with Crippen LogP contribution in [0.15, 0.2) is 0 Å². The summed E-state index contributed by atoms with van der Waals surface area (Å²) in [6.07, 6.45) is 4.33. The van der Waals surface area contributed by atoms with Gasteiger partial charge in [0.15, 0.2) is 0 Å². The molecule has 0 radical (unpaired) electrons. The third kappa shape index (κ3) is 4.93. The zero-order valence-electron chi connectivity index (χ0n) is 9.48. The SMILES string of the molecule is COCC(O)CCNC1CCCCC1O. The highest BCUT2D eigenvalue weighted by Gasteiger charge is 2.22. The Hall–Kier alpha value is -0.160. The first-order valence-corrected chi connectivity index (χ1v) is 5.82. The van der Waals surface area contributed by atoms with Crippen LogP contribution in [-0.4, -0.2) is 48.7 Å². The number of nitrogens with one attached hydrogen (secondary N) is 1. The number of hydrogen-bond acceptors (Lipinski definition) is 4. The van der Waals surface area contributed by atoms with Crippen molar-refractivity contribution in [2.45, 2.75) is 50.4 Å². The van der Waals surface area contributed by atoms with E-state index in [0.29, 0.717) is 13.0 Å². The molecule has 3 unspecified atom stereocenters. The van der Waals surface area contributed by atoms with E-state index in [1.807, 2.05) is 0 Å². The molecule has 0 spiro atoms. The summed E-state index contributed by atoms with van der Waals surface area (Å²) in [7, 11) is 1.58. The number of hydrogen-bond donors (Lipinski definition) is 3. The summed E-state index contributed by atoms with van der Waals surface area (Å²) in [5, 5.41) is 22.4. The summed E-state index contributed by atoms with van der Waals surface area (Å²) in [6.45, 7) is 1.13. The summed E-state index contributed by atoms with van der Waals surface area (Å²) < 4.78 is 4.84. The van der Waals surface area contributed by atoms with Crippen molar-refractivity contribution in [1.82, 2.24) is 5.32 Å². The Labute approximate surface area is 91.6 Å². The number of ether oxygens (including phenoxy) is 1. The largest absolute Gasteiger partial charge is 0.392 e. The van der Waals surface area contributed by atoms with Gasteiger partial charge in [0.2, 0.25) is 0 Å². The van der Waals surface area contributed by atoms with E-state index < -0.39 is 6.10 Å². The second-order valence-electron chi connectivity index (χ2n) is 4.31. The summed E-state index contributed by atoms with van der Waals surface area (Å²) in [5.41, 5.74) is 0. The van der Waals surface area contributed by atoms with Gasteiger partial charge in [0.25, 0.3) is 0 Å². The van der Waals surface area contributed by atoms with Gasteiger partial charge in [-0.1, -0.05) is 12.8 Å². The molecule has 3 N–H and O–H groups in total. The maximum atomic E-state index is 9.69. The predicted molar refractivity (Wildman–Crippen MR) is 58.8 cm³/mol. The zero-order chi connectivity index (χ0) is 11.1. The Kier molecular flexibility index (Phi) is 6.17. The van der Waals surface area contributed by atoms with Crippen LogP contribution in [0.25, 0.3) is 0 Å². The van der Waals surface area contributed by atoms with Crippen LogP contribution >= 0.6 is 0 Å². The lowest BCUT2D eigenvalue weighted by molar-refractivity contribution is 0.0538. The second kappa shape index (κ2) is 7.17. The molecule has 4 nitrogen and oxygen atoms in total. The van der Waals surface area contributed by atoms with Crippen molar-refractivity contribution in [2.75, 3.05) is 20.3 Å². The van der Waals surface area contributed by atoms with Crippen LogP contribution in [0.1, 0.15) is 32.1 Å². The van der Waals surface area contributed by atoms with E-state index in [0.717, 1.165) is 25.8 Å². The average Bonchev–Trinajstić information content (AvgIpc) is 2.21. The van der Waals surface area contributed by atoms with Crippen molar-refractivity contribution < 1.29 is 14.9 Å². The molecule has 3 atom stereocenters. The van der Waals surface area contributed by atoms with Crippen LogP contribution in [0, 0.1) is 0 Å². The number of methoxy groups -OCH3 is 1. The minimum absolute atomic E-state index is 0.210. The van der Waals surface area contributed by atoms with Crippen LogP contribution in [-0.2, 0) is 4.74 Å².